The van der Waals surface area contributed by atoms with Gasteiger partial charge < -0.3 is 10.3 Å². The molecule has 0 atom stereocenters. The highest BCUT2D eigenvalue weighted by Gasteiger charge is 2.00. The van der Waals surface area contributed by atoms with Crippen molar-refractivity contribution in [2.24, 2.45) is 10.8 Å². The summed E-state index contributed by atoms with van der Waals surface area (Å²) in [6, 6.07) is 8.02. The molecule has 4 heteroatoms. The zero-order valence-electron chi connectivity index (χ0n) is 8.78. The molecule has 0 radical (unpaired) electrons. The van der Waals surface area contributed by atoms with E-state index in [-0.39, 0.29) is 0 Å². The molecule has 4 nitrogen and oxygen atoms in total. The number of rotatable bonds is 2. The molecule has 0 saturated heterocycles. The second-order valence-corrected chi connectivity index (χ2v) is 3.16. The van der Waals surface area contributed by atoms with Gasteiger partial charge in [0.25, 0.3) is 0 Å². The summed E-state index contributed by atoms with van der Waals surface area (Å²) in [6.07, 6.45) is 0. The third-order valence-electron chi connectivity index (χ3n) is 2.02. The zero-order valence-corrected chi connectivity index (χ0v) is 8.78. The van der Waals surface area contributed by atoms with Crippen molar-refractivity contribution in [3.05, 3.63) is 29.8 Å². The predicted molar refractivity (Wildman–Crippen MR) is 60.6 cm³/mol. The van der Waals surface area contributed by atoms with Crippen LogP contribution in [0.1, 0.15) is 5.56 Å². The number of anilines is 1. The van der Waals surface area contributed by atoms with Crippen LogP contribution in [0.2, 0.25) is 0 Å². The van der Waals surface area contributed by atoms with E-state index in [0.29, 0.717) is 5.84 Å². The average Bonchev–Trinajstić information content (AvgIpc) is 2.20. The molecular weight excluding hydrogens is 176 g/mol. The predicted octanol–water partition coefficient (Wildman–Crippen LogP) is 0.592. The molecule has 0 bridgehead atoms. The van der Waals surface area contributed by atoms with Gasteiger partial charge in [0.2, 0.25) is 0 Å². The van der Waals surface area contributed by atoms with E-state index >= 15 is 0 Å². The molecule has 3 N–H and O–H groups in total. The second kappa shape index (κ2) is 4.62. The summed E-state index contributed by atoms with van der Waals surface area (Å²) in [5.74, 6) is 6.01. The highest BCUT2D eigenvalue weighted by atomic mass is 15.2. The number of nitrogens with zero attached hydrogens (tertiary/aromatic N) is 2. The van der Waals surface area contributed by atoms with E-state index in [1.165, 1.54) is 0 Å². The van der Waals surface area contributed by atoms with Gasteiger partial charge in [-0.1, -0.05) is 0 Å². The Morgan fingerprint density at radius 2 is 1.86 bits per heavy atom. The molecule has 14 heavy (non-hydrogen) atoms. The second-order valence-electron chi connectivity index (χ2n) is 3.16. The summed E-state index contributed by atoms with van der Waals surface area (Å²) in [6.45, 7) is 0. The molecule has 0 saturated carbocycles. The minimum absolute atomic E-state index is 0.690. The fourth-order valence-corrected chi connectivity index (χ4v) is 1.19. The Labute approximate surface area is 84.4 Å². The van der Waals surface area contributed by atoms with Gasteiger partial charge in [-0.25, -0.2) is 5.84 Å². The Balaban J connectivity index is 2.93. The Hall–Kier alpha value is -1.55. The monoisotopic (exact) mass is 192 g/mol. The summed E-state index contributed by atoms with van der Waals surface area (Å²) < 4.78 is 0. The number of hydrazine groups is 1. The minimum Gasteiger partial charge on any atom is -0.378 e. The highest BCUT2D eigenvalue weighted by Crippen LogP contribution is 2.11. The fraction of sp³-hybridized carbons (Fsp3) is 0.300. The average molecular weight is 192 g/mol. The molecule has 0 fully saturated rings. The van der Waals surface area contributed by atoms with Crippen LogP contribution in [-0.2, 0) is 0 Å². The molecule has 0 aromatic heterocycles. The van der Waals surface area contributed by atoms with Crippen molar-refractivity contribution >= 4 is 11.5 Å². The smallest absolute Gasteiger partial charge is 0.142 e. The molecule has 0 amide bonds. The lowest BCUT2D eigenvalue weighted by Gasteiger charge is -2.13. The van der Waals surface area contributed by atoms with Crippen molar-refractivity contribution in [1.82, 2.24) is 5.43 Å². The molecule has 1 rings (SSSR count). The first kappa shape index (κ1) is 10.5. The van der Waals surface area contributed by atoms with Gasteiger partial charge in [-0.3, -0.25) is 4.99 Å². The third-order valence-corrected chi connectivity index (χ3v) is 2.02. The summed E-state index contributed by atoms with van der Waals surface area (Å²) in [5.41, 5.74) is 4.69. The van der Waals surface area contributed by atoms with Crippen LogP contribution in [0.5, 0.6) is 0 Å². The lowest BCUT2D eigenvalue weighted by molar-refractivity contribution is 1.02. The first-order valence-electron chi connectivity index (χ1n) is 4.40. The lowest BCUT2D eigenvalue weighted by Crippen LogP contribution is -2.30. The first-order chi connectivity index (χ1) is 6.69. The van der Waals surface area contributed by atoms with E-state index in [1.54, 1.807) is 7.05 Å². The number of benzene rings is 1. The maximum atomic E-state index is 5.32. The maximum absolute atomic E-state index is 5.32. The molecule has 76 valence electrons. The lowest BCUT2D eigenvalue weighted by atomic mass is 10.2. The number of amidine groups is 1. The molecule has 1 aromatic carbocycles. The van der Waals surface area contributed by atoms with E-state index in [1.807, 2.05) is 43.3 Å². The van der Waals surface area contributed by atoms with Gasteiger partial charge in [0.05, 0.1) is 0 Å². The van der Waals surface area contributed by atoms with Crippen molar-refractivity contribution in [2.75, 3.05) is 26.0 Å². The number of aliphatic imine (C=N–C) groups is 1. The molecule has 0 spiro atoms. The van der Waals surface area contributed by atoms with Crippen LogP contribution in [-0.4, -0.2) is 27.0 Å². The summed E-state index contributed by atoms with van der Waals surface area (Å²) in [5, 5.41) is 0. The Morgan fingerprint density at radius 3 is 2.21 bits per heavy atom. The fourth-order valence-electron chi connectivity index (χ4n) is 1.19. The van der Waals surface area contributed by atoms with Crippen molar-refractivity contribution < 1.29 is 0 Å². The van der Waals surface area contributed by atoms with E-state index < -0.39 is 0 Å². The van der Waals surface area contributed by atoms with Crippen molar-refractivity contribution in [2.45, 2.75) is 0 Å². The molecule has 0 unspecified atom stereocenters. The molecule has 0 aliphatic carbocycles. The van der Waals surface area contributed by atoms with Gasteiger partial charge in [-0.15, -0.1) is 0 Å². The standard InChI is InChI=1S/C10H16N4/c1-12-10(13-11)8-4-6-9(7-5-8)14(2)3/h4-7H,11H2,1-3H3,(H,12,13). The highest BCUT2D eigenvalue weighted by molar-refractivity contribution is 5.98. The van der Waals surface area contributed by atoms with Crippen molar-refractivity contribution in [3.63, 3.8) is 0 Å². The minimum atomic E-state index is 0.690. The normalized spacial score (nSPS) is 11.3. The van der Waals surface area contributed by atoms with Crippen LogP contribution in [0, 0.1) is 0 Å². The van der Waals surface area contributed by atoms with E-state index in [2.05, 4.69) is 10.4 Å². The third kappa shape index (κ3) is 2.23. The number of nitrogens with one attached hydrogen (secondary N) is 1. The van der Waals surface area contributed by atoms with Gasteiger partial charge in [0.1, 0.15) is 5.84 Å². The van der Waals surface area contributed by atoms with Crippen LogP contribution in [0.4, 0.5) is 5.69 Å². The maximum Gasteiger partial charge on any atom is 0.142 e. The van der Waals surface area contributed by atoms with Crippen LogP contribution < -0.4 is 16.2 Å². The summed E-state index contributed by atoms with van der Waals surface area (Å²) in [7, 11) is 5.71. The molecule has 0 aliphatic rings. The summed E-state index contributed by atoms with van der Waals surface area (Å²) in [4.78, 5) is 6.06. The van der Waals surface area contributed by atoms with E-state index in [4.69, 9.17) is 5.84 Å². The van der Waals surface area contributed by atoms with Gasteiger partial charge >= 0.3 is 0 Å². The SMILES string of the molecule is CN=C(NN)c1ccc(N(C)C)cc1. The quantitative estimate of drug-likeness (QED) is 0.312. The van der Waals surface area contributed by atoms with Gasteiger partial charge in [0, 0.05) is 32.4 Å². The largest absolute Gasteiger partial charge is 0.378 e. The van der Waals surface area contributed by atoms with Gasteiger partial charge in [-0.05, 0) is 24.3 Å². The first-order valence-corrected chi connectivity index (χ1v) is 4.40. The van der Waals surface area contributed by atoms with Crippen molar-refractivity contribution in [1.29, 1.82) is 0 Å². The number of nitrogens with two attached hydrogens (primary N) is 1. The number of hydrogen-bond donors (Lipinski definition) is 2. The van der Waals surface area contributed by atoms with Crippen LogP contribution >= 0.6 is 0 Å². The van der Waals surface area contributed by atoms with E-state index in [9.17, 15) is 0 Å². The molecule has 0 heterocycles. The molecule has 1 aromatic rings. The van der Waals surface area contributed by atoms with E-state index in [0.717, 1.165) is 11.3 Å². The van der Waals surface area contributed by atoms with Gasteiger partial charge in [-0.2, -0.15) is 0 Å². The Morgan fingerprint density at radius 1 is 1.29 bits per heavy atom. The topological polar surface area (TPSA) is 53.6 Å². The number of hydrogen-bond acceptors (Lipinski definition) is 3. The van der Waals surface area contributed by atoms with Crippen LogP contribution in [0.15, 0.2) is 29.3 Å². The Bertz CT molecular complexity index is 313. The van der Waals surface area contributed by atoms with Gasteiger partial charge in [0.15, 0.2) is 0 Å². The van der Waals surface area contributed by atoms with Crippen LogP contribution in [0.3, 0.4) is 0 Å². The molecule has 0 aliphatic heterocycles. The zero-order chi connectivity index (χ0) is 10.6. The molecular formula is C10H16N4. The van der Waals surface area contributed by atoms with Crippen LogP contribution in [0.25, 0.3) is 0 Å². The Kier molecular flexibility index (Phi) is 3.48. The van der Waals surface area contributed by atoms with Crippen molar-refractivity contribution in [3.8, 4) is 0 Å². The summed E-state index contributed by atoms with van der Waals surface area (Å²) >= 11 is 0.